The van der Waals surface area contributed by atoms with E-state index < -0.39 is 0 Å². The summed E-state index contributed by atoms with van der Waals surface area (Å²) in [5.41, 5.74) is 4.77. The maximum atomic E-state index is 13.9. The molecule has 1 amide bonds. The number of hydrogen-bond donors (Lipinski definition) is 1. The van der Waals surface area contributed by atoms with Crippen LogP contribution in [-0.2, 0) is 4.79 Å². The quantitative estimate of drug-likeness (QED) is 0.392. The van der Waals surface area contributed by atoms with E-state index in [9.17, 15) is 9.59 Å². The second-order valence-corrected chi connectivity index (χ2v) is 10.9. The number of carbonyl (C=O) groups is 2. The lowest BCUT2D eigenvalue weighted by Crippen LogP contribution is -2.69. The van der Waals surface area contributed by atoms with Gasteiger partial charge in [-0.3, -0.25) is 14.2 Å². The van der Waals surface area contributed by atoms with Crippen LogP contribution in [0, 0.1) is 31.1 Å². The number of likely N-dealkylation sites (tertiary alicyclic amines) is 1. The molecule has 2 aromatic carbocycles. The Hall–Kier alpha value is -4.71. The minimum atomic E-state index is -0.290. The number of nitrogens with zero attached hydrogens (tertiary/aromatic N) is 6. The number of amides is 1. The molecule has 6 rings (SSSR count). The Morgan fingerprint density at radius 3 is 2.70 bits per heavy atom. The molecule has 2 fully saturated rings. The molecule has 2 aliphatic heterocycles. The molecule has 40 heavy (non-hydrogen) atoms. The van der Waals surface area contributed by atoms with Crippen LogP contribution in [0.25, 0.3) is 11.0 Å². The zero-order valence-electron chi connectivity index (χ0n) is 22.9. The van der Waals surface area contributed by atoms with E-state index in [1.807, 2.05) is 53.4 Å². The van der Waals surface area contributed by atoms with Crippen molar-refractivity contribution in [3.8, 4) is 6.07 Å². The molecule has 4 heterocycles. The number of aryl methyl sites for hydroxylation is 1. The van der Waals surface area contributed by atoms with Gasteiger partial charge in [-0.25, -0.2) is 9.97 Å². The van der Waals surface area contributed by atoms with Crippen molar-refractivity contribution in [2.75, 3.05) is 29.9 Å². The number of para-hydroxylation sites is 1. The van der Waals surface area contributed by atoms with Crippen LogP contribution in [0.1, 0.15) is 41.3 Å². The van der Waals surface area contributed by atoms with Crippen LogP contribution in [-0.4, -0.2) is 56.4 Å². The molecule has 0 bridgehead atoms. The highest BCUT2D eigenvalue weighted by atomic mass is 16.2. The number of aromatic nitrogens is 3. The highest BCUT2D eigenvalue weighted by Crippen LogP contribution is 2.45. The molecule has 0 aliphatic carbocycles. The zero-order valence-corrected chi connectivity index (χ0v) is 22.9. The van der Waals surface area contributed by atoms with Gasteiger partial charge in [0.15, 0.2) is 5.65 Å². The standard InChI is InChI=1S/C31H31N7O2/c1-20-7-6-10-25(22(20)3)35-26-9-5-4-8-23(26)30(40)37-15-12-24-28(33-19-34-29(24)37)36-16-13-31(18-36)21(2)17-38(31)27(39)11-14-32/h4-10,12,15,19,21,35H,11,13,16-18H2,1-3H3/t21-,31-/m0/s1. The molecular weight excluding hydrogens is 502 g/mol. The first-order valence-corrected chi connectivity index (χ1v) is 13.6. The van der Waals surface area contributed by atoms with E-state index >= 15 is 0 Å². The number of hydrogen-bond acceptors (Lipinski definition) is 7. The summed E-state index contributed by atoms with van der Waals surface area (Å²) in [4.78, 5) is 39.6. The Morgan fingerprint density at radius 1 is 1.10 bits per heavy atom. The van der Waals surface area contributed by atoms with Gasteiger partial charge in [-0.2, -0.15) is 5.26 Å². The van der Waals surface area contributed by atoms with Crippen LogP contribution < -0.4 is 10.2 Å². The maximum Gasteiger partial charge on any atom is 0.265 e. The number of benzene rings is 2. The van der Waals surface area contributed by atoms with E-state index in [0.29, 0.717) is 30.2 Å². The molecule has 2 saturated heterocycles. The van der Waals surface area contributed by atoms with Gasteiger partial charge in [0.2, 0.25) is 5.91 Å². The molecule has 4 aromatic rings. The third kappa shape index (κ3) is 3.99. The largest absolute Gasteiger partial charge is 0.355 e. The van der Waals surface area contributed by atoms with E-state index in [1.165, 1.54) is 11.9 Å². The molecular formula is C31H31N7O2. The number of fused-ring (bicyclic) bond motifs is 1. The van der Waals surface area contributed by atoms with Crippen molar-refractivity contribution in [1.82, 2.24) is 19.4 Å². The summed E-state index contributed by atoms with van der Waals surface area (Å²) < 4.78 is 1.57. The molecule has 0 unspecified atom stereocenters. The maximum absolute atomic E-state index is 13.9. The van der Waals surface area contributed by atoms with Gasteiger partial charge in [0.25, 0.3) is 5.91 Å². The van der Waals surface area contributed by atoms with Crippen molar-refractivity contribution in [2.45, 2.75) is 39.2 Å². The first-order valence-electron chi connectivity index (χ1n) is 13.6. The Labute approximate surface area is 233 Å². The van der Waals surface area contributed by atoms with Crippen molar-refractivity contribution in [3.05, 3.63) is 77.7 Å². The lowest BCUT2D eigenvalue weighted by molar-refractivity contribution is -0.152. The summed E-state index contributed by atoms with van der Waals surface area (Å²) in [6.45, 7) is 8.33. The minimum Gasteiger partial charge on any atom is -0.355 e. The Balaban J connectivity index is 1.30. The second-order valence-electron chi connectivity index (χ2n) is 10.9. The molecule has 9 nitrogen and oxygen atoms in total. The molecule has 9 heteroatoms. The average Bonchev–Trinajstić information content (AvgIpc) is 3.61. The lowest BCUT2D eigenvalue weighted by atomic mass is 9.74. The normalized spacial score (nSPS) is 20.0. The first kappa shape index (κ1) is 25.6. The SMILES string of the molecule is Cc1cccc(Nc2ccccc2C(=O)n2ccc3c(N4CC[C@]5(C4)[C@@H](C)CN5C(=O)CC#N)ncnc32)c1C. The van der Waals surface area contributed by atoms with Crippen molar-refractivity contribution in [1.29, 1.82) is 5.26 Å². The van der Waals surface area contributed by atoms with Gasteiger partial charge in [0.1, 0.15) is 18.6 Å². The van der Waals surface area contributed by atoms with Crippen molar-refractivity contribution >= 4 is 40.0 Å². The fraction of sp³-hybridized carbons (Fsp3) is 0.323. The van der Waals surface area contributed by atoms with Crippen LogP contribution in [0.15, 0.2) is 61.1 Å². The van der Waals surface area contributed by atoms with E-state index in [4.69, 9.17) is 5.26 Å². The van der Waals surface area contributed by atoms with Crippen molar-refractivity contribution in [2.24, 2.45) is 5.92 Å². The molecule has 1 N–H and O–H groups in total. The van der Waals surface area contributed by atoms with Crippen LogP contribution in [0.3, 0.4) is 0 Å². The van der Waals surface area contributed by atoms with E-state index in [1.54, 1.807) is 10.8 Å². The lowest BCUT2D eigenvalue weighted by Gasteiger charge is -2.55. The van der Waals surface area contributed by atoms with Crippen LogP contribution in [0.4, 0.5) is 17.2 Å². The van der Waals surface area contributed by atoms with Gasteiger partial charge in [-0.05, 0) is 61.6 Å². The van der Waals surface area contributed by atoms with Gasteiger partial charge < -0.3 is 15.1 Å². The highest BCUT2D eigenvalue weighted by Gasteiger charge is 2.56. The predicted molar refractivity (Wildman–Crippen MR) is 154 cm³/mol. The Kier molecular flexibility index (Phi) is 6.26. The average molecular weight is 534 g/mol. The number of nitriles is 1. The smallest absolute Gasteiger partial charge is 0.265 e. The highest BCUT2D eigenvalue weighted by molar-refractivity contribution is 6.06. The predicted octanol–water partition coefficient (Wildman–Crippen LogP) is 4.82. The number of rotatable bonds is 5. The van der Waals surface area contributed by atoms with Crippen molar-refractivity contribution < 1.29 is 9.59 Å². The van der Waals surface area contributed by atoms with Gasteiger partial charge in [0, 0.05) is 31.5 Å². The third-order valence-corrected chi connectivity index (χ3v) is 8.73. The molecule has 202 valence electrons. The zero-order chi connectivity index (χ0) is 28.0. The summed E-state index contributed by atoms with van der Waals surface area (Å²) in [5, 5.41) is 13.3. The summed E-state index contributed by atoms with van der Waals surface area (Å²) in [5.74, 6) is 0.790. The summed E-state index contributed by atoms with van der Waals surface area (Å²) in [6.07, 6.45) is 3.96. The van der Waals surface area contributed by atoms with E-state index in [-0.39, 0.29) is 23.8 Å². The van der Waals surface area contributed by atoms with Crippen LogP contribution in [0.2, 0.25) is 0 Å². The van der Waals surface area contributed by atoms with E-state index in [0.717, 1.165) is 41.1 Å². The monoisotopic (exact) mass is 533 g/mol. The van der Waals surface area contributed by atoms with Crippen molar-refractivity contribution in [3.63, 3.8) is 0 Å². The fourth-order valence-corrected chi connectivity index (χ4v) is 6.21. The summed E-state index contributed by atoms with van der Waals surface area (Å²) >= 11 is 0. The molecule has 0 radical (unpaired) electrons. The molecule has 2 aromatic heterocycles. The van der Waals surface area contributed by atoms with Crippen LogP contribution in [0.5, 0.6) is 0 Å². The Morgan fingerprint density at radius 2 is 1.90 bits per heavy atom. The number of anilines is 3. The second kappa shape index (κ2) is 9.79. The minimum absolute atomic E-state index is 0.100. The number of nitrogens with one attached hydrogen (secondary N) is 1. The first-order chi connectivity index (χ1) is 19.3. The Bertz CT molecular complexity index is 1690. The number of carbonyl (C=O) groups excluding carboxylic acids is 2. The van der Waals surface area contributed by atoms with Gasteiger partial charge >= 0.3 is 0 Å². The third-order valence-electron chi connectivity index (χ3n) is 8.73. The van der Waals surface area contributed by atoms with Gasteiger partial charge in [-0.1, -0.05) is 31.2 Å². The molecule has 0 saturated carbocycles. The van der Waals surface area contributed by atoms with Crippen LogP contribution >= 0.6 is 0 Å². The summed E-state index contributed by atoms with van der Waals surface area (Å²) in [7, 11) is 0. The summed E-state index contributed by atoms with van der Waals surface area (Å²) in [6, 6.07) is 17.4. The van der Waals surface area contributed by atoms with Gasteiger partial charge in [0.05, 0.1) is 28.2 Å². The molecule has 1 spiro atoms. The van der Waals surface area contributed by atoms with Gasteiger partial charge in [-0.15, -0.1) is 0 Å². The molecule has 2 atom stereocenters. The topological polar surface area (TPSA) is 107 Å². The van der Waals surface area contributed by atoms with E-state index in [2.05, 4.69) is 47.0 Å². The molecule has 2 aliphatic rings. The fourth-order valence-electron chi connectivity index (χ4n) is 6.21.